The number of hydrogen-bond donors (Lipinski definition) is 1. The second kappa shape index (κ2) is 8.73. The van der Waals surface area contributed by atoms with E-state index < -0.39 is 23.8 Å². The quantitative estimate of drug-likeness (QED) is 0.586. The number of ketones is 1. The van der Waals surface area contributed by atoms with Gasteiger partial charge in [-0.25, -0.2) is 4.79 Å². The molecule has 0 saturated heterocycles. The smallest absolute Gasteiger partial charge is 0.336 e. The van der Waals surface area contributed by atoms with Crippen molar-refractivity contribution in [2.75, 3.05) is 20.8 Å². The summed E-state index contributed by atoms with van der Waals surface area (Å²) in [7, 11) is 2.83. The highest BCUT2D eigenvalue weighted by atomic mass is 16.5. The van der Waals surface area contributed by atoms with Crippen molar-refractivity contribution in [1.29, 1.82) is 0 Å². The van der Waals surface area contributed by atoms with Crippen molar-refractivity contribution in [3.05, 3.63) is 52.4 Å². The van der Waals surface area contributed by atoms with Gasteiger partial charge >= 0.3 is 11.9 Å². The van der Waals surface area contributed by atoms with Crippen LogP contribution in [0.25, 0.3) is 0 Å². The van der Waals surface area contributed by atoms with Crippen LogP contribution in [0.3, 0.4) is 0 Å². The summed E-state index contributed by atoms with van der Waals surface area (Å²) in [6.07, 6.45) is 0.495. The summed E-state index contributed by atoms with van der Waals surface area (Å²) in [6, 6.07) is 7.24. The average Bonchev–Trinajstić information content (AvgIpc) is 2.72. The zero-order chi connectivity index (χ0) is 22.0. The Labute approximate surface area is 176 Å². The Morgan fingerprint density at radius 1 is 1.23 bits per heavy atom. The van der Waals surface area contributed by atoms with E-state index >= 15 is 0 Å². The first-order chi connectivity index (χ1) is 14.3. The van der Waals surface area contributed by atoms with E-state index in [2.05, 4.69) is 5.32 Å². The highest BCUT2D eigenvalue weighted by Crippen LogP contribution is 2.45. The van der Waals surface area contributed by atoms with Crippen LogP contribution in [0, 0.1) is 11.8 Å². The van der Waals surface area contributed by atoms with Gasteiger partial charge in [-0.1, -0.05) is 19.1 Å². The number of hydrogen-bond acceptors (Lipinski definition) is 7. The molecule has 0 aromatic heterocycles. The summed E-state index contributed by atoms with van der Waals surface area (Å²) in [5, 5.41) is 3.23. The van der Waals surface area contributed by atoms with Crippen LogP contribution in [0.2, 0.25) is 0 Å². The predicted molar refractivity (Wildman–Crippen MR) is 110 cm³/mol. The molecule has 3 atom stereocenters. The lowest BCUT2D eigenvalue weighted by atomic mass is 9.69. The number of allylic oxidation sites excluding steroid dienone is 3. The number of rotatable bonds is 5. The number of ether oxygens (including phenoxy) is 3. The Morgan fingerprint density at radius 3 is 2.60 bits per heavy atom. The van der Waals surface area contributed by atoms with Gasteiger partial charge in [0.1, 0.15) is 11.7 Å². The van der Waals surface area contributed by atoms with Crippen LogP contribution in [0.1, 0.15) is 38.7 Å². The lowest BCUT2D eigenvalue weighted by Gasteiger charge is -2.38. The van der Waals surface area contributed by atoms with Crippen molar-refractivity contribution in [3.8, 4) is 5.75 Å². The second-order valence-corrected chi connectivity index (χ2v) is 7.53. The van der Waals surface area contributed by atoms with Crippen LogP contribution in [-0.2, 0) is 23.9 Å². The highest BCUT2D eigenvalue weighted by molar-refractivity contribution is 6.12. The summed E-state index contributed by atoms with van der Waals surface area (Å²) in [5.74, 6) is -2.58. The third kappa shape index (κ3) is 3.72. The summed E-state index contributed by atoms with van der Waals surface area (Å²) >= 11 is 0. The van der Waals surface area contributed by atoms with E-state index in [-0.39, 0.29) is 18.3 Å². The minimum atomic E-state index is -0.912. The maximum Gasteiger partial charge on any atom is 0.336 e. The van der Waals surface area contributed by atoms with Crippen molar-refractivity contribution >= 4 is 17.7 Å². The molecule has 7 heteroatoms. The average molecular weight is 413 g/mol. The van der Waals surface area contributed by atoms with Gasteiger partial charge in [-0.05, 0) is 43.9 Å². The lowest BCUT2D eigenvalue weighted by molar-refractivity contribution is -0.151. The van der Waals surface area contributed by atoms with Crippen molar-refractivity contribution in [2.45, 2.75) is 33.1 Å². The van der Waals surface area contributed by atoms with Gasteiger partial charge in [0.15, 0.2) is 5.78 Å². The van der Waals surface area contributed by atoms with E-state index in [0.29, 0.717) is 29.0 Å². The molecule has 30 heavy (non-hydrogen) atoms. The number of carbonyl (C=O) groups is 3. The Balaban J connectivity index is 2.20. The lowest BCUT2D eigenvalue weighted by Crippen LogP contribution is -2.43. The van der Waals surface area contributed by atoms with Gasteiger partial charge in [0.2, 0.25) is 0 Å². The van der Waals surface area contributed by atoms with E-state index in [4.69, 9.17) is 14.2 Å². The molecule has 1 aliphatic heterocycles. The monoisotopic (exact) mass is 413 g/mol. The third-order valence-corrected chi connectivity index (χ3v) is 5.67. The van der Waals surface area contributed by atoms with Gasteiger partial charge in [-0.2, -0.15) is 0 Å². The molecule has 1 heterocycles. The van der Waals surface area contributed by atoms with Crippen LogP contribution in [0.4, 0.5) is 0 Å². The van der Waals surface area contributed by atoms with Crippen LogP contribution >= 0.6 is 0 Å². The SMILES string of the molecule is CCOC(=O)C1=C(C)NC2=C(C(=O)[C@H](C(=O)OC)[C@@H](C)C2)[C@@H]1c1cccc(OC)c1. The van der Waals surface area contributed by atoms with Crippen molar-refractivity contribution in [1.82, 2.24) is 5.32 Å². The van der Waals surface area contributed by atoms with Gasteiger partial charge in [0.25, 0.3) is 0 Å². The van der Waals surface area contributed by atoms with Crippen molar-refractivity contribution in [2.24, 2.45) is 11.8 Å². The molecule has 3 rings (SSSR count). The summed E-state index contributed by atoms with van der Waals surface area (Å²) in [6.45, 7) is 5.59. The van der Waals surface area contributed by atoms with Gasteiger partial charge in [-0.15, -0.1) is 0 Å². The standard InChI is InChI=1S/C23H27NO6/c1-6-30-23(27)18-13(3)24-16-10-12(2)17(22(26)29-5)21(25)20(16)19(18)14-8-7-9-15(11-14)28-4/h7-9,11-12,17,19,24H,6,10H2,1-5H3/t12-,17+,19+/m0/s1. The van der Waals surface area contributed by atoms with Gasteiger partial charge in [-0.3, -0.25) is 9.59 Å². The zero-order valence-electron chi connectivity index (χ0n) is 17.9. The first-order valence-corrected chi connectivity index (χ1v) is 9.97. The molecular formula is C23H27NO6. The first kappa shape index (κ1) is 21.6. The predicted octanol–water partition coefficient (Wildman–Crippen LogP) is 2.87. The normalized spacial score (nSPS) is 23.5. The fourth-order valence-corrected chi connectivity index (χ4v) is 4.31. The fraction of sp³-hybridized carbons (Fsp3) is 0.435. The molecule has 0 bridgehead atoms. The van der Waals surface area contributed by atoms with Crippen LogP contribution < -0.4 is 10.1 Å². The first-order valence-electron chi connectivity index (χ1n) is 9.97. The molecule has 0 fully saturated rings. The maximum atomic E-state index is 13.5. The number of esters is 2. The van der Waals surface area contributed by atoms with E-state index in [1.54, 1.807) is 33.1 Å². The van der Waals surface area contributed by atoms with E-state index in [1.165, 1.54) is 7.11 Å². The molecule has 160 valence electrons. The molecule has 1 aliphatic carbocycles. The number of dihydropyridines is 1. The molecule has 1 aromatic carbocycles. The van der Waals surface area contributed by atoms with E-state index in [9.17, 15) is 14.4 Å². The van der Waals surface area contributed by atoms with Crippen LogP contribution in [-0.4, -0.2) is 38.5 Å². The molecule has 7 nitrogen and oxygen atoms in total. The third-order valence-electron chi connectivity index (χ3n) is 5.67. The van der Waals surface area contributed by atoms with Gasteiger partial charge in [0, 0.05) is 22.9 Å². The Kier molecular flexibility index (Phi) is 6.29. The summed E-state index contributed by atoms with van der Waals surface area (Å²) in [5.41, 5.74) is 2.85. The number of methoxy groups -OCH3 is 2. The Morgan fingerprint density at radius 2 is 1.97 bits per heavy atom. The molecule has 2 aliphatic rings. The Bertz CT molecular complexity index is 945. The maximum absolute atomic E-state index is 13.5. The molecule has 0 unspecified atom stereocenters. The molecular weight excluding hydrogens is 386 g/mol. The topological polar surface area (TPSA) is 90.9 Å². The molecule has 0 radical (unpaired) electrons. The molecule has 1 aromatic rings. The number of nitrogens with one attached hydrogen (secondary N) is 1. The fourth-order valence-electron chi connectivity index (χ4n) is 4.31. The zero-order valence-corrected chi connectivity index (χ0v) is 17.9. The highest BCUT2D eigenvalue weighted by Gasteiger charge is 2.47. The van der Waals surface area contributed by atoms with Gasteiger partial charge < -0.3 is 19.5 Å². The van der Waals surface area contributed by atoms with E-state index in [0.717, 1.165) is 11.3 Å². The molecule has 0 saturated carbocycles. The van der Waals surface area contributed by atoms with Crippen molar-refractivity contribution < 1.29 is 28.6 Å². The van der Waals surface area contributed by atoms with Gasteiger partial charge in [0.05, 0.1) is 26.4 Å². The summed E-state index contributed by atoms with van der Waals surface area (Å²) < 4.78 is 15.5. The van der Waals surface area contributed by atoms with Crippen molar-refractivity contribution in [3.63, 3.8) is 0 Å². The number of benzene rings is 1. The molecule has 1 N–H and O–H groups in total. The molecule has 0 spiro atoms. The summed E-state index contributed by atoms with van der Waals surface area (Å²) in [4.78, 5) is 38.8. The minimum Gasteiger partial charge on any atom is -0.497 e. The van der Waals surface area contributed by atoms with Crippen LogP contribution in [0.15, 0.2) is 46.8 Å². The minimum absolute atomic E-state index is 0.210. The number of carbonyl (C=O) groups excluding carboxylic acids is 3. The Hall–Kier alpha value is -3.09. The largest absolute Gasteiger partial charge is 0.497 e. The number of Topliss-reactive ketones (excluding diaryl/α,β-unsaturated/α-hetero) is 1. The molecule has 0 amide bonds. The van der Waals surface area contributed by atoms with E-state index in [1.807, 2.05) is 19.1 Å². The van der Waals surface area contributed by atoms with Crippen LogP contribution in [0.5, 0.6) is 5.75 Å². The second-order valence-electron chi connectivity index (χ2n) is 7.53.